The number of halogens is 1. The molecule has 2 aliphatic carbocycles. The number of carbonyl (C=O) groups is 2. The first-order valence-electron chi connectivity index (χ1n) is 15.0. The Morgan fingerprint density at radius 1 is 0.523 bits per heavy atom. The molecule has 0 bridgehead atoms. The van der Waals surface area contributed by atoms with Crippen LogP contribution in [-0.2, 0) is 26.9 Å². The van der Waals surface area contributed by atoms with Crippen molar-refractivity contribution in [1.82, 2.24) is 10.6 Å². The van der Waals surface area contributed by atoms with Crippen molar-refractivity contribution in [3.05, 3.63) is 75.0 Å². The van der Waals surface area contributed by atoms with E-state index in [0.717, 1.165) is 22.3 Å². The molecule has 0 aliphatic heterocycles. The quantitative estimate of drug-likeness (QED) is 0.150. The fourth-order valence-electron chi connectivity index (χ4n) is 4.37. The van der Waals surface area contributed by atoms with E-state index in [1.165, 1.54) is 0 Å². The molecule has 0 atom stereocenters. The summed E-state index contributed by atoms with van der Waals surface area (Å²) < 4.78 is 0. The van der Waals surface area contributed by atoms with Gasteiger partial charge in [-0.2, -0.15) is 4.91 Å². The van der Waals surface area contributed by atoms with E-state index in [0.29, 0.717) is 11.1 Å². The summed E-state index contributed by atoms with van der Waals surface area (Å²) in [5, 5.41) is 7.10. The van der Waals surface area contributed by atoms with Gasteiger partial charge in [0.05, 0.1) is 11.1 Å². The van der Waals surface area contributed by atoms with Gasteiger partial charge in [-0.05, 0) is 72.7 Å². The van der Waals surface area contributed by atoms with E-state index < -0.39 is 11.1 Å². The van der Waals surface area contributed by atoms with E-state index >= 15 is 0 Å². The van der Waals surface area contributed by atoms with Crippen LogP contribution in [0.3, 0.4) is 0 Å². The minimum absolute atomic E-state index is 0.0610. The second kappa shape index (κ2) is 15.0. The summed E-state index contributed by atoms with van der Waals surface area (Å²) in [5.74, 6) is 0.122. The molecule has 6 nitrogen and oxygen atoms in total. The molecule has 0 amide bonds. The van der Waals surface area contributed by atoms with Crippen LogP contribution in [0, 0.1) is 32.2 Å². The van der Waals surface area contributed by atoms with Crippen molar-refractivity contribution in [2.45, 2.75) is 122 Å². The molecule has 0 aromatic rings. The molecule has 2 rings (SSSR count). The molecule has 0 saturated carbocycles. The normalized spacial score (nSPS) is 18.7. The minimum atomic E-state index is -0.465. The number of nitroso groups, excluding NO2 is 1. The number of ketones is 2. The third-order valence-corrected chi connectivity index (χ3v) is 8.32. The summed E-state index contributed by atoms with van der Waals surface area (Å²) in [7, 11) is 4.57. The number of hydrogen-bond acceptors (Lipinski definition) is 6. The molecule has 8 heteroatoms. The van der Waals surface area contributed by atoms with Gasteiger partial charge < -0.3 is 10.6 Å². The van der Waals surface area contributed by atoms with Crippen molar-refractivity contribution in [3.63, 3.8) is 0 Å². The van der Waals surface area contributed by atoms with E-state index in [-0.39, 0.29) is 33.2 Å². The van der Waals surface area contributed by atoms with Gasteiger partial charge in [0.25, 0.3) is 0 Å². The van der Waals surface area contributed by atoms with Gasteiger partial charge in [-0.25, -0.2) is 0 Å². The predicted octanol–water partition coefficient (Wildman–Crippen LogP) is 9.56. The molecule has 44 heavy (non-hydrogen) atoms. The zero-order valence-corrected chi connectivity index (χ0v) is 32.4. The molecule has 0 unspecified atom stereocenters. The standard InChI is InChI=1S/C36H56N2O2.ClH.HNO.Ru/c1-31(2,3)25-17-23(29(39)27(19-25)33(7,8)9)21-37-35(13,14)36(15,16)38-22-24-18-26(32(4,5)6)20-28(30(24)40)34(10,11)12;;1-2;/h17-22,37-38H,1-16H3;1H;1H;/q;;;+1/p-1/b23-21-,24-22-;;;. The molecule has 0 aromatic heterocycles. The van der Waals surface area contributed by atoms with Gasteiger partial charge in [-0.1, -0.05) is 101 Å². The Balaban J connectivity index is 0.00000443. The Kier molecular flexibility index (Phi) is 14.3. The molecule has 0 saturated heterocycles. The molecular weight excluding hydrogens is 659 g/mol. The van der Waals surface area contributed by atoms with E-state index in [4.69, 9.17) is 4.91 Å². The fourth-order valence-corrected chi connectivity index (χ4v) is 4.37. The van der Waals surface area contributed by atoms with Crippen molar-refractivity contribution in [1.29, 1.82) is 5.59 Å². The Hall–Kier alpha value is -2.11. The molecular formula is C36H57ClN3O3Ru. The predicted molar refractivity (Wildman–Crippen MR) is 183 cm³/mol. The molecule has 249 valence electrons. The van der Waals surface area contributed by atoms with Gasteiger partial charge in [0.15, 0.2) is 11.6 Å². The number of rotatable bonds is 5. The molecule has 0 spiro atoms. The Morgan fingerprint density at radius 3 is 0.977 bits per heavy atom. The SMILES string of the molecule is CC(C)(C)C1=C/C(=C/NC(C)(C)C(C)(C)N/C=C2/C=C(C(C)(C)C)C=C(C(C)(C)C)C2=O)C(=O)C(C(C)(C)C)=C1.N=O.[Cl][Ru]. The maximum absolute atomic E-state index is 13.5. The van der Waals surface area contributed by atoms with E-state index in [9.17, 15) is 9.59 Å². The molecule has 2 aliphatic rings. The van der Waals surface area contributed by atoms with Crippen LogP contribution in [0.25, 0.3) is 0 Å². The number of nitrogens with one attached hydrogen (secondary N) is 3. The number of hydrogen-bond donors (Lipinski definition) is 3. The number of allylic oxidation sites excluding steroid dienone is 10. The summed E-state index contributed by atoms with van der Waals surface area (Å²) in [6.07, 6.45) is 11.9. The van der Waals surface area contributed by atoms with Crippen molar-refractivity contribution >= 4 is 21.3 Å². The number of carbonyl (C=O) groups excluding carboxylic acids is 2. The van der Waals surface area contributed by atoms with Crippen LogP contribution < -0.4 is 10.6 Å². The summed E-state index contributed by atoms with van der Waals surface area (Å²) in [4.78, 5) is 34.5. The third kappa shape index (κ3) is 10.8. The van der Waals surface area contributed by atoms with E-state index in [1.807, 2.05) is 41.9 Å². The van der Waals surface area contributed by atoms with Crippen LogP contribution in [-0.4, -0.2) is 22.6 Å². The maximum atomic E-state index is 13.5. The van der Waals surface area contributed by atoms with Gasteiger partial charge >= 0.3 is 27.0 Å². The van der Waals surface area contributed by atoms with Gasteiger partial charge in [0.1, 0.15) is 0 Å². The topological polar surface area (TPSA) is 99.1 Å². The summed E-state index contributed by atoms with van der Waals surface area (Å²) in [6.45, 7) is 34.0. The summed E-state index contributed by atoms with van der Waals surface area (Å²) in [5.41, 5.74) is 8.18. The first-order chi connectivity index (χ1) is 19.7. The second-order valence-electron chi connectivity index (χ2n) is 16.7. The molecule has 3 N–H and O–H groups in total. The summed E-state index contributed by atoms with van der Waals surface area (Å²) in [6, 6.07) is 0. The van der Waals surface area contributed by atoms with Crippen LogP contribution in [0.2, 0.25) is 0 Å². The monoisotopic (exact) mass is 716 g/mol. The van der Waals surface area contributed by atoms with Crippen LogP contribution in [0.15, 0.2) is 70.1 Å². The molecule has 0 heterocycles. The van der Waals surface area contributed by atoms with Crippen molar-refractivity contribution in [2.75, 3.05) is 0 Å². The zero-order chi connectivity index (χ0) is 35.3. The first-order valence-corrected chi connectivity index (χ1v) is 17.2. The molecule has 0 fully saturated rings. The van der Waals surface area contributed by atoms with Gasteiger partial charge in [0.2, 0.25) is 0 Å². The fraction of sp³-hybridized carbons (Fsp3) is 0.611. The Bertz CT molecular complexity index is 1170. The third-order valence-electron chi connectivity index (χ3n) is 8.32. The van der Waals surface area contributed by atoms with Crippen molar-refractivity contribution in [3.8, 4) is 0 Å². The van der Waals surface area contributed by atoms with E-state index in [1.54, 1.807) is 0 Å². The van der Waals surface area contributed by atoms with Crippen LogP contribution >= 0.6 is 9.69 Å². The van der Waals surface area contributed by atoms with Crippen LogP contribution in [0.4, 0.5) is 0 Å². The Morgan fingerprint density at radius 2 is 0.773 bits per heavy atom. The number of Topliss-reactive ketones (excluding diaryl/α,β-unsaturated/α-hetero) is 2. The van der Waals surface area contributed by atoms with Crippen LogP contribution in [0.5, 0.6) is 0 Å². The van der Waals surface area contributed by atoms with Crippen LogP contribution in [0.1, 0.15) is 111 Å². The molecule has 0 aromatic carbocycles. The van der Waals surface area contributed by atoms with Gasteiger partial charge in [-0.15, -0.1) is 0 Å². The first kappa shape index (κ1) is 41.9. The average molecular weight is 716 g/mol. The Labute approximate surface area is 281 Å². The van der Waals surface area contributed by atoms with E-state index in [2.05, 4.69) is 149 Å². The van der Waals surface area contributed by atoms with Gasteiger partial charge in [0, 0.05) is 34.7 Å². The zero-order valence-electron chi connectivity index (χ0n) is 29.9. The average Bonchev–Trinajstić information content (AvgIpc) is 2.87. The van der Waals surface area contributed by atoms with Crippen molar-refractivity contribution < 1.29 is 26.9 Å². The van der Waals surface area contributed by atoms with Crippen molar-refractivity contribution in [2.24, 2.45) is 21.7 Å². The molecule has 0 radical (unpaired) electrons. The second-order valence-corrected chi connectivity index (χ2v) is 16.7. The summed E-state index contributed by atoms with van der Waals surface area (Å²) >= 11 is 1.82. The van der Waals surface area contributed by atoms with Gasteiger partial charge in [-0.3, -0.25) is 9.59 Å².